The predicted octanol–water partition coefficient (Wildman–Crippen LogP) is 7.75. The second-order valence-corrected chi connectivity index (χ2v) is 12.4. The van der Waals surface area contributed by atoms with E-state index in [-0.39, 0.29) is 4.90 Å². The fourth-order valence-electron chi connectivity index (χ4n) is 4.06. The molecule has 0 N–H and O–H groups in total. The number of aryl methyl sites for hydroxylation is 1. The molecule has 0 radical (unpaired) electrons. The number of rotatable bonds is 6. The highest BCUT2D eigenvalue weighted by Crippen LogP contribution is 2.70. The monoisotopic (exact) mass is 484 g/mol. The van der Waals surface area contributed by atoms with Gasteiger partial charge in [-0.15, -0.1) is 0 Å². The van der Waals surface area contributed by atoms with Crippen molar-refractivity contribution < 1.29 is 12.0 Å². The van der Waals surface area contributed by atoms with Crippen LogP contribution >= 0.6 is 10.3 Å². The van der Waals surface area contributed by atoms with Crippen molar-refractivity contribution in [2.45, 2.75) is 26.5 Å². The van der Waals surface area contributed by atoms with Crippen LogP contribution in [0.5, 0.6) is 0 Å². The summed E-state index contributed by atoms with van der Waals surface area (Å²) in [4.78, 5) is 2.61. The topological polar surface area (TPSA) is 43.4 Å². The van der Waals surface area contributed by atoms with E-state index in [9.17, 15) is 8.42 Å². The quantitative estimate of drug-likeness (QED) is 0.247. The first-order valence-corrected chi connectivity index (χ1v) is 13.9. The van der Waals surface area contributed by atoms with E-state index in [1.54, 1.807) is 12.1 Å². The van der Waals surface area contributed by atoms with Gasteiger partial charge in [0.1, 0.15) is 4.90 Å². The predicted molar refractivity (Wildman–Crippen MR) is 139 cm³/mol. The molecule has 5 aromatic rings. The molecule has 0 amide bonds. The SMILES string of the molecule is Cc1ccc(S(OS(=O)(=O)c2cccc3ccccc23)(c2ccccc2)c2ccccc2)cc1. The molecule has 34 heavy (non-hydrogen) atoms. The highest BCUT2D eigenvalue weighted by Gasteiger charge is 2.38. The van der Waals surface area contributed by atoms with Crippen LogP contribution in [0.3, 0.4) is 0 Å². The Morgan fingerprint density at radius 3 is 1.65 bits per heavy atom. The Hall–Kier alpha value is -3.38. The minimum atomic E-state index is -4.16. The van der Waals surface area contributed by atoms with E-state index in [4.69, 9.17) is 3.63 Å². The molecule has 0 aliphatic carbocycles. The summed E-state index contributed by atoms with van der Waals surface area (Å²) in [7, 11) is -6.77. The van der Waals surface area contributed by atoms with Crippen LogP contribution in [0.25, 0.3) is 10.8 Å². The zero-order chi connectivity index (χ0) is 23.6. The van der Waals surface area contributed by atoms with Gasteiger partial charge in [-0.25, -0.2) is 3.63 Å². The van der Waals surface area contributed by atoms with E-state index in [0.29, 0.717) is 5.39 Å². The zero-order valence-electron chi connectivity index (χ0n) is 18.7. The molecule has 0 heterocycles. The molecule has 0 unspecified atom stereocenters. The van der Waals surface area contributed by atoms with E-state index in [1.165, 1.54) is 0 Å². The Bertz CT molecular complexity index is 1480. The van der Waals surface area contributed by atoms with E-state index < -0.39 is 20.4 Å². The van der Waals surface area contributed by atoms with Crippen molar-refractivity contribution in [2.24, 2.45) is 0 Å². The van der Waals surface area contributed by atoms with Crippen LogP contribution in [0, 0.1) is 6.92 Å². The first kappa shape index (κ1) is 22.4. The van der Waals surface area contributed by atoms with Crippen molar-refractivity contribution >= 4 is 31.2 Å². The van der Waals surface area contributed by atoms with Crippen LogP contribution in [0.15, 0.2) is 147 Å². The average Bonchev–Trinajstić information content (AvgIpc) is 2.88. The van der Waals surface area contributed by atoms with Gasteiger partial charge in [-0.2, -0.15) is 8.42 Å². The molecule has 0 aromatic heterocycles. The van der Waals surface area contributed by atoms with Crippen molar-refractivity contribution in [1.82, 2.24) is 0 Å². The lowest BCUT2D eigenvalue weighted by atomic mass is 10.1. The fourth-order valence-corrected chi connectivity index (χ4v) is 9.49. The lowest BCUT2D eigenvalue weighted by Gasteiger charge is -2.39. The van der Waals surface area contributed by atoms with E-state index in [2.05, 4.69) is 0 Å². The van der Waals surface area contributed by atoms with Gasteiger partial charge in [0.25, 0.3) is 0 Å². The van der Waals surface area contributed by atoms with Crippen LogP contribution in [0.1, 0.15) is 5.56 Å². The maximum atomic E-state index is 14.0. The molecular formula is C29H24O3S2. The molecule has 0 saturated heterocycles. The average molecular weight is 485 g/mol. The number of hydrogen-bond acceptors (Lipinski definition) is 3. The van der Waals surface area contributed by atoms with Crippen molar-refractivity contribution in [3.05, 3.63) is 133 Å². The summed E-state index contributed by atoms with van der Waals surface area (Å²) >= 11 is 0. The molecule has 170 valence electrons. The van der Waals surface area contributed by atoms with Crippen molar-refractivity contribution in [1.29, 1.82) is 0 Å². The van der Waals surface area contributed by atoms with Gasteiger partial charge in [-0.3, -0.25) is 0 Å². The lowest BCUT2D eigenvalue weighted by Crippen LogP contribution is -2.15. The summed E-state index contributed by atoms with van der Waals surface area (Å²) in [6.07, 6.45) is 0. The molecule has 5 heteroatoms. The first-order valence-electron chi connectivity index (χ1n) is 10.9. The van der Waals surface area contributed by atoms with Gasteiger partial charge in [0.05, 0.1) is 0 Å². The van der Waals surface area contributed by atoms with Gasteiger partial charge >= 0.3 is 10.1 Å². The van der Waals surface area contributed by atoms with Gasteiger partial charge in [0.2, 0.25) is 0 Å². The highest BCUT2D eigenvalue weighted by molar-refractivity contribution is 8.33. The summed E-state index contributed by atoms with van der Waals surface area (Å²) in [6, 6.07) is 40.0. The second kappa shape index (κ2) is 9.11. The molecular weight excluding hydrogens is 460 g/mol. The van der Waals surface area contributed by atoms with Crippen LogP contribution in [0.2, 0.25) is 0 Å². The Morgan fingerprint density at radius 2 is 1.03 bits per heavy atom. The van der Waals surface area contributed by atoms with E-state index in [1.807, 2.05) is 122 Å². The summed E-state index contributed by atoms with van der Waals surface area (Å²) < 4.78 is 34.6. The summed E-state index contributed by atoms with van der Waals surface area (Å²) in [5, 5.41) is 1.49. The van der Waals surface area contributed by atoms with Gasteiger partial charge in [0, 0.05) is 20.1 Å². The fraction of sp³-hybridized carbons (Fsp3) is 0.0345. The Balaban J connectivity index is 1.80. The summed E-state index contributed by atoms with van der Waals surface area (Å²) in [5.74, 6) is 0. The number of hydrogen-bond donors (Lipinski definition) is 0. The lowest BCUT2D eigenvalue weighted by molar-refractivity contribution is 0.509. The standard InChI is InChI=1S/C29H24O3S2/c1-23-19-21-27(22-20-23)33(25-13-4-2-5-14-25,26-15-6-3-7-16-26)32-34(30,31)29-18-10-12-24-11-8-9-17-28(24)29/h2-22H,1H3. The van der Waals surface area contributed by atoms with Crippen LogP contribution in [-0.4, -0.2) is 8.42 Å². The third-order valence-electron chi connectivity index (χ3n) is 5.71. The third kappa shape index (κ3) is 4.03. The molecule has 0 aliphatic rings. The third-order valence-corrected chi connectivity index (χ3v) is 10.9. The molecule has 0 aliphatic heterocycles. The Kier molecular flexibility index (Phi) is 6.00. The van der Waals surface area contributed by atoms with Crippen LogP contribution < -0.4 is 0 Å². The number of fused-ring (bicyclic) bond motifs is 1. The minimum Gasteiger partial charge on any atom is -0.203 e. The molecule has 0 saturated carbocycles. The molecule has 5 aromatic carbocycles. The first-order chi connectivity index (χ1) is 16.5. The molecule has 3 nitrogen and oxygen atoms in total. The van der Waals surface area contributed by atoms with Crippen molar-refractivity contribution in [3.63, 3.8) is 0 Å². The van der Waals surface area contributed by atoms with Gasteiger partial charge in [0.15, 0.2) is 0 Å². The van der Waals surface area contributed by atoms with Crippen LogP contribution in [-0.2, 0) is 13.7 Å². The van der Waals surface area contributed by atoms with E-state index >= 15 is 0 Å². The van der Waals surface area contributed by atoms with Gasteiger partial charge in [-0.05, 0) is 65.1 Å². The van der Waals surface area contributed by atoms with Gasteiger partial charge in [-0.1, -0.05) is 90.5 Å². The normalized spacial score (nSPS) is 12.5. The molecule has 0 atom stereocenters. The largest absolute Gasteiger partial charge is 0.307 e. The number of benzene rings is 5. The molecule has 0 fully saturated rings. The Morgan fingerprint density at radius 1 is 0.529 bits per heavy atom. The maximum Gasteiger partial charge on any atom is 0.307 e. The molecule has 0 bridgehead atoms. The van der Waals surface area contributed by atoms with Crippen LogP contribution in [0.4, 0.5) is 0 Å². The molecule has 0 spiro atoms. The van der Waals surface area contributed by atoms with Gasteiger partial charge < -0.3 is 0 Å². The van der Waals surface area contributed by atoms with Crippen molar-refractivity contribution in [3.8, 4) is 0 Å². The maximum absolute atomic E-state index is 14.0. The van der Waals surface area contributed by atoms with Crippen molar-refractivity contribution in [2.75, 3.05) is 0 Å². The second-order valence-electron chi connectivity index (χ2n) is 7.99. The zero-order valence-corrected chi connectivity index (χ0v) is 20.3. The molecule has 5 rings (SSSR count). The summed E-state index contributed by atoms with van der Waals surface area (Å²) in [5.41, 5.74) is 1.09. The van der Waals surface area contributed by atoms with E-state index in [0.717, 1.165) is 25.6 Å². The highest BCUT2D eigenvalue weighted by atomic mass is 32.3. The summed E-state index contributed by atoms with van der Waals surface area (Å²) in [6.45, 7) is 2.01. The smallest absolute Gasteiger partial charge is 0.203 e. The Labute approximate surface area is 202 Å². The minimum absolute atomic E-state index is 0.168.